The van der Waals surface area contributed by atoms with Gasteiger partial charge < -0.3 is 0 Å². The molecule has 0 aliphatic heterocycles. The first kappa shape index (κ1) is 24.8. The highest BCUT2D eigenvalue weighted by Crippen LogP contribution is 2.44. The zero-order valence-corrected chi connectivity index (χ0v) is 20.0. The van der Waals surface area contributed by atoms with Crippen molar-refractivity contribution in [3.8, 4) is 6.07 Å². The monoisotopic (exact) mass is 401 g/mol. The van der Waals surface area contributed by atoms with Crippen molar-refractivity contribution in [3.63, 3.8) is 0 Å². The van der Waals surface area contributed by atoms with Gasteiger partial charge in [-0.15, -0.1) is 0 Å². The first-order valence-electron chi connectivity index (χ1n) is 13.6. The SMILES string of the molecule is CCCCCCCC1(C#N)CCC(CCC2CCC(CCCCCC)CC2)CC1. The van der Waals surface area contributed by atoms with Crippen molar-refractivity contribution in [1.82, 2.24) is 0 Å². The van der Waals surface area contributed by atoms with Crippen LogP contribution in [0.15, 0.2) is 0 Å². The van der Waals surface area contributed by atoms with E-state index in [9.17, 15) is 5.26 Å². The fraction of sp³-hybridized carbons (Fsp3) is 0.964. The van der Waals surface area contributed by atoms with Gasteiger partial charge in [0.05, 0.1) is 11.5 Å². The van der Waals surface area contributed by atoms with Crippen molar-refractivity contribution >= 4 is 0 Å². The summed E-state index contributed by atoms with van der Waals surface area (Å²) in [5, 5.41) is 9.83. The molecule has 0 aromatic carbocycles. The van der Waals surface area contributed by atoms with Crippen LogP contribution in [0.5, 0.6) is 0 Å². The van der Waals surface area contributed by atoms with E-state index >= 15 is 0 Å². The third-order valence-electron chi connectivity index (χ3n) is 8.47. The standard InChI is InChI=1S/C28H51N/c1-3-5-7-9-11-21-28(24-29)22-19-27(20-23-28)18-17-26-15-13-25(14-16-26)12-10-8-6-4-2/h25-27H,3-23H2,1-2H3. The van der Waals surface area contributed by atoms with E-state index in [0.29, 0.717) is 0 Å². The van der Waals surface area contributed by atoms with Crippen LogP contribution >= 0.6 is 0 Å². The van der Waals surface area contributed by atoms with Gasteiger partial charge in [-0.2, -0.15) is 5.26 Å². The van der Waals surface area contributed by atoms with Crippen molar-refractivity contribution in [3.05, 3.63) is 0 Å². The second kappa shape index (κ2) is 14.5. The minimum atomic E-state index is 0.0402. The van der Waals surface area contributed by atoms with Gasteiger partial charge in [0.1, 0.15) is 0 Å². The molecule has 0 bridgehead atoms. The van der Waals surface area contributed by atoms with Gasteiger partial charge in [0, 0.05) is 0 Å². The van der Waals surface area contributed by atoms with Crippen molar-refractivity contribution in [2.24, 2.45) is 23.2 Å². The predicted octanol–water partition coefficient (Wildman–Crippen LogP) is 9.60. The van der Waals surface area contributed by atoms with Crippen LogP contribution < -0.4 is 0 Å². The highest BCUT2D eigenvalue weighted by molar-refractivity contribution is 5.01. The van der Waals surface area contributed by atoms with Crippen LogP contribution in [-0.2, 0) is 0 Å². The Balaban J connectivity index is 1.56. The average molecular weight is 402 g/mol. The van der Waals surface area contributed by atoms with E-state index in [2.05, 4.69) is 19.9 Å². The number of rotatable bonds is 14. The number of hydrogen-bond acceptors (Lipinski definition) is 1. The Bertz CT molecular complexity index is 432. The topological polar surface area (TPSA) is 23.8 Å². The summed E-state index contributed by atoms with van der Waals surface area (Å²) in [7, 11) is 0. The first-order chi connectivity index (χ1) is 14.2. The van der Waals surface area contributed by atoms with Crippen LogP contribution in [0, 0.1) is 34.5 Å². The Labute approximate surface area is 183 Å². The van der Waals surface area contributed by atoms with Crippen LogP contribution in [0.1, 0.15) is 149 Å². The molecule has 0 spiro atoms. The lowest BCUT2D eigenvalue weighted by Crippen LogP contribution is -2.26. The van der Waals surface area contributed by atoms with Gasteiger partial charge in [0.25, 0.3) is 0 Å². The quantitative estimate of drug-likeness (QED) is 0.266. The molecule has 2 aliphatic carbocycles. The highest BCUT2D eigenvalue weighted by Gasteiger charge is 2.35. The van der Waals surface area contributed by atoms with Gasteiger partial charge in [0.15, 0.2) is 0 Å². The van der Waals surface area contributed by atoms with Crippen LogP contribution in [0.2, 0.25) is 0 Å². The van der Waals surface area contributed by atoms with Gasteiger partial charge in [-0.25, -0.2) is 0 Å². The molecular formula is C28H51N. The molecule has 0 aromatic heterocycles. The van der Waals surface area contributed by atoms with E-state index in [-0.39, 0.29) is 5.41 Å². The molecule has 0 radical (unpaired) electrons. The molecule has 0 unspecified atom stereocenters. The lowest BCUT2D eigenvalue weighted by molar-refractivity contribution is 0.170. The summed E-state index contributed by atoms with van der Waals surface area (Å²) in [6, 6.07) is 2.76. The zero-order chi connectivity index (χ0) is 20.8. The van der Waals surface area contributed by atoms with Crippen LogP contribution in [0.4, 0.5) is 0 Å². The summed E-state index contributed by atoms with van der Waals surface area (Å²) < 4.78 is 0. The van der Waals surface area contributed by atoms with Crippen molar-refractivity contribution in [2.75, 3.05) is 0 Å². The van der Waals surface area contributed by atoms with Gasteiger partial charge in [-0.05, 0) is 49.9 Å². The number of nitriles is 1. The summed E-state index contributed by atoms with van der Waals surface area (Å²) in [6.45, 7) is 4.59. The molecule has 2 rings (SSSR count). The van der Waals surface area contributed by atoms with E-state index in [0.717, 1.165) is 17.8 Å². The van der Waals surface area contributed by atoms with Gasteiger partial charge in [0.2, 0.25) is 0 Å². The van der Waals surface area contributed by atoms with Crippen LogP contribution in [0.3, 0.4) is 0 Å². The summed E-state index contributed by atoms with van der Waals surface area (Å²) in [5.74, 6) is 2.98. The molecule has 0 N–H and O–H groups in total. The minimum Gasteiger partial charge on any atom is -0.198 e. The maximum atomic E-state index is 9.83. The number of hydrogen-bond donors (Lipinski definition) is 0. The molecule has 0 saturated heterocycles. The largest absolute Gasteiger partial charge is 0.198 e. The molecule has 29 heavy (non-hydrogen) atoms. The average Bonchev–Trinajstić information content (AvgIpc) is 2.77. The predicted molar refractivity (Wildman–Crippen MR) is 127 cm³/mol. The fourth-order valence-corrected chi connectivity index (χ4v) is 6.14. The lowest BCUT2D eigenvalue weighted by atomic mass is 9.67. The van der Waals surface area contributed by atoms with Crippen molar-refractivity contribution < 1.29 is 0 Å². The Hall–Kier alpha value is -0.510. The molecule has 0 atom stereocenters. The summed E-state index contributed by atoms with van der Waals surface area (Å²) >= 11 is 0. The molecule has 1 heteroatoms. The first-order valence-corrected chi connectivity index (χ1v) is 13.6. The number of unbranched alkanes of at least 4 members (excludes halogenated alkanes) is 7. The molecule has 0 amide bonds. The Morgan fingerprint density at radius 3 is 1.66 bits per heavy atom. The smallest absolute Gasteiger partial charge is 0.0689 e. The second-order valence-electron chi connectivity index (χ2n) is 10.8. The number of nitrogens with zero attached hydrogens (tertiary/aromatic N) is 1. The Morgan fingerprint density at radius 2 is 1.10 bits per heavy atom. The van der Waals surface area contributed by atoms with E-state index in [1.807, 2.05) is 0 Å². The van der Waals surface area contributed by atoms with Crippen LogP contribution in [-0.4, -0.2) is 0 Å². The molecule has 0 heterocycles. The molecule has 2 fully saturated rings. The summed E-state index contributed by atoms with van der Waals surface area (Å²) in [5.41, 5.74) is 0.0402. The Morgan fingerprint density at radius 1 is 0.621 bits per heavy atom. The maximum Gasteiger partial charge on any atom is 0.0689 e. The summed E-state index contributed by atoms with van der Waals surface area (Å²) in [6.07, 6.45) is 29.0. The third kappa shape index (κ3) is 9.44. The van der Waals surface area contributed by atoms with Gasteiger partial charge in [-0.3, -0.25) is 0 Å². The van der Waals surface area contributed by atoms with Gasteiger partial charge >= 0.3 is 0 Å². The Kier molecular flexibility index (Phi) is 12.4. The molecule has 1 nitrogen and oxygen atoms in total. The van der Waals surface area contributed by atoms with Crippen molar-refractivity contribution in [2.45, 2.75) is 149 Å². The molecule has 2 saturated carbocycles. The van der Waals surface area contributed by atoms with E-state index in [1.165, 1.54) is 135 Å². The second-order valence-corrected chi connectivity index (χ2v) is 10.8. The fourth-order valence-electron chi connectivity index (χ4n) is 6.14. The van der Waals surface area contributed by atoms with Crippen LogP contribution in [0.25, 0.3) is 0 Å². The lowest BCUT2D eigenvalue weighted by Gasteiger charge is -2.36. The molecular weight excluding hydrogens is 350 g/mol. The highest BCUT2D eigenvalue weighted by atomic mass is 14.4. The third-order valence-corrected chi connectivity index (χ3v) is 8.47. The van der Waals surface area contributed by atoms with E-state index in [4.69, 9.17) is 0 Å². The zero-order valence-electron chi connectivity index (χ0n) is 20.0. The maximum absolute atomic E-state index is 9.83. The molecule has 0 aromatic rings. The van der Waals surface area contributed by atoms with E-state index in [1.54, 1.807) is 0 Å². The van der Waals surface area contributed by atoms with Gasteiger partial charge in [-0.1, -0.05) is 117 Å². The molecule has 2 aliphatic rings. The van der Waals surface area contributed by atoms with E-state index < -0.39 is 0 Å². The normalized spacial score (nSPS) is 30.2. The molecule has 168 valence electrons. The summed E-state index contributed by atoms with van der Waals surface area (Å²) in [4.78, 5) is 0. The van der Waals surface area contributed by atoms with Crippen molar-refractivity contribution in [1.29, 1.82) is 5.26 Å². The minimum absolute atomic E-state index is 0.0402.